The highest BCUT2D eigenvalue weighted by molar-refractivity contribution is 6.30. The monoisotopic (exact) mass is 263 g/mol. The standard InChI is InChI=1S/C14H18ClN3/c1-3-14(11-5-4-6-12(15)9-11)16-10-13-7-8-18(2)17-13/h4-9,14,16H,3,10H2,1-2H3. The molecule has 4 heteroatoms. The molecule has 0 aliphatic heterocycles. The van der Waals surface area contributed by atoms with Gasteiger partial charge in [-0.05, 0) is 30.2 Å². The average Bonchev–Trinajstić information content (AvgIpc) is 2.76. The summed E-state index contributed by atoms with van der Waals surface area (Å²) in [5, 5.41) is 8.65. The van der Waals surface area contributed by atoms with Crippen LogP contribution in [0.3, 0.4) is 0 Å². The highest BCUT2D eigenvalue weighted by atomic mass is 35.5. The number of nitrogens with zero attached hydrogens (tertiary/aromatic N) is 2. The van der Waals surface area contributed by atoms with E-state index >= 15 is 0 Å². The van der Waals surface area contributed by atoms with Crippen LogP contribution in [0.5, 0.6) is 0 Å². The maximum Gasteiger partial charge on any atom is 0.0762 e. The summed E-state index contributed by atoms with van der Waals surface area (Å²) in [7, 11) is 1.93. The molecule has 1 aromatic carbocycles. The van der Waals surface area contributed by atoms with Crippen LogP contribution < -0.4 is 5.32 Å². The van der Waals surface area contributed by atoms with Gasteiger partial charge in [0.15, 0.2) is 0 Å². The Bertz CT molecular complexity index is 507. The molecule has 3 nitrogen and oxygen atoms in total. The van der Waals surface area contributed by atoms with Gasteiger partial charge in [-0.1, -0.05) is 30.7 Å². The Morgan fingerprint density at radius 1 is 1.39 bits per heavy atom. The number of rotatable bonds is 5. The van der Waals surface area contributed by atoms with Gasteiger partial charge in [-0.15, -0.1) is 0 Å². The smallest absolute Gasteiger partial charge is 0.0762 e. The van der Waals surface area contributed by atoms with Crippen LogP contribution in [0.1, 0.15) is 30.6 Å². The van der Waals surface area contributed by atoms with Gasteiger partial charge in [0.1, 0.15) is 0 Å². The molecule has 0 amide bonds. The van der Waals surface area contributed by atoms with Gasteiger partial charge in [0.2, 0.25) is 0 Å². The number of aromatic nitrogens is 2. The van der Waals surface area contributed by atoms with Crippen molar-refractivity contribution in [3.8, 4) is 0 Å². The van der Waals surface area contributed by atoms with Crippen molar-refractivity contribution in [1.82, 2.24) is 15.1 Å². The van der Waals surface area contributed by atoms with Gasteiger partial charge < -0.3 is 5.32 Å². The number of aryl methyl sites for hydroxylation is 1. The van der Waals surface area contributed by atoms with Crippen molar-refractivity contribution in [3.63, 3.8) is 0 Å². The molecule has 0 spiro atoms. The first-order chi connectivity index (χ1) is 8.69. The fourth-order valence-corrected chi connectivity index (χ4v) is 2.21. The number of benzene rings is 1. The highest BCUT2D eigenvalue weighted by Crippen LogP contribution is 2.20. The van der Waals surface area contributed by atoms with Crippen molar-refractivity contribution >= 4 is 11.6 Å². The van der Waals surface area contributed by atoms with E-state index in [2.05, 4.69) is 23.4 Å². The number of halogens is 1. The lowest BCUT2D eigenvalue weighted by Gasteiger charge is -2.17. The van der Waals surface area contributed by atoms with Gasteiger partial charge in [0, 0.05) is 30.9 Å². The second kappa shape index (κ2) is 6.03. The fraction of sp³-hybridized carbons (Fsp3) is 0.357. The van der Waals surface area contributed by atoms with E-state index in [9.17, 15) is 0 Å². The summed E-state index contributed by atoms with van der Waals surface area (Å²) in [5.74, 6) is 0. The second-order valence-corrected chi connectivity index (χ2v) is 4.81. The molecule has 2 rings (SSSR count). The molecule has 0 aliphatic carbocycles. The van der Waals surface area contributed by atoms with Gasteiger partial charge in [0.25, 0.3) is 0 Å². The Labute approximate surface area is 113 Å². The fourth-order valence-electron chi connectivity index (χ4n) is 2.01. The summed E-state index contributed by atoms with van der Waals surface area (Å²) >= 11 is 6.02. The van der Waals surface area contributed by atoms with Crippen molar-refractivity contribution in [1.29, 1.82) is 0 Å². The first-order valence-electron chi connectivity index (χ1n) is 6.16. The lowest BCUT2D eigenvalue weighted by Crippen LogP contribution is -2.20. The predicted molar refractivity (Wildman–Crippen MR) is 74.5 cm³/mol. The average molecular weight is 264 g/mol. The zero-order chi connectivity index (χ0) is 13.0. The molecule has 1 unspecified atom stereocenters. The summed E-state index contributed by atoms with van der Waals surface area (Å²) in [6.45, 7) is 2.93. The largest absolute Gasteiger partial charge is 0.304 e. The third-order valence-corrected chi connectivity index (χ3v) is 3.19. The van der Waals surface area contributed by atoms with Crippen LogP contribution in [0.4, 0.5) is 0 Å². The van der Waals surface area contributed by atoms with E-state index in [1.54, 1.807) is 0 Å². The van der Waals surface area contributed by atoms with Crippen LogP contribution in [0.25, 0.3) is 0 Å². The molecule has 1 N–H and O–H groups in total. The predicted octanol–water partition coefficient (Wildman–Crippen LogP) is 3.31. The molecule has 0 saturated heterocycles. The summed E-state index contributed by atoms with van der Waals surface area (Å²) in [6.07, 6.45) is 2.98. The Morgan fingerprint density at radius 3 is 2.83 bits per heavy atom. The maximum atomic E-state index is 6.02. The summed E-state index contributed by atoms with van der Waals surface area (Å²) < 4.78 is 1.82. The topological polar surface area (TPSA) is 29.9 Å². The minimum Gasteiger partial charge on any atom is -0.304 e. The van der Waals surface area contributed by atoms with Gasteiger partial charge in [0.05, 0.1) is 5.69 Å². The molecule has 0 radical (unpaired) electrons. The number of hydrogen-bond donors (Lipinski definition) is 1. The summed E-state index contributed by atoms with van der Waals surface area (Å²) in [5.41, 5.74) is 2.28. The Balaban J connectivity index is 2.01. The normalized spacial score (nSPS) is 12.6. The molecule has 2 aromatic rings. The molecule has 18 heavy (non-hydrogen) atoms. The van der Waals surface area contributed by atoms with Gasteiger partial charge in [-0.25, -0.2) is 0 Å². The number of hydrogen-bond acceptors (Lipinski definition) is 2. The lowest BCUT2D eigenvalue weighted by molar-refractivity contribution is 0.511. The highest BCUT2D eigenvalue weighted by Gasteiger charge is 2.09. The Hall–Kier alpha value is -1.32. The molecule has 1 aromatic heterocycles. The molecule has 1 atom stereocenters. The number of nitrogens with one attached hydrogen (secondary N) is 1. The van der Waals surface area contributed by atoms with E-state index < -0.39 is 0 Å². The Kier molecular flexibility index (Phi) is 4.39. The van der Waals surface area contributed by atoms with Crippen LogP contribution in [0.2, 0.25) is 5.02 Å². The van der Waals surface area contributed by atoms with E-state index in [-0.39, 0.29) is 0 Å². The van der Waals surface area contributed by atoms with Crippen LogP contribution in [0.15, 0.2) is 36.5 Å². The Morgan fingerprint density at radius 2 is 2.22 bits per heavy atom. The molecular formula is C14H18ClN3. The molecule has 96 valence electrons. The van der Waals surface area contributed by atoms with Crippen LogP contribution in [0, 0.1) is 0 Å². The quantitative estimate of drug-likeness (QED) is 0.897. The van der Waals surface area contributed by atoms with Gasteiger partial charge in [-0.3, -0.25) is 4.68 Å². The molecule has 0 bridgehead atoms. The third-order valence-electron chi connectivity index (χ3n) is 2.96. The van der Waals surface area contributed by atoms with E-state index in [1.807, 2.05) is 42.2 Å². The van der Waals surface area contributed by atoms with E-state index in [0.717, 1.165) is 23.7 Å². The molecule has 0 aliphatic rings. The van der Waals surface area contributed by atoms with Crippen molar-refractivity contribution in [2.45, 2.75) is 25.9 Å². The van der Waals surface area contributed by atoms with Crippen molar-refractivity contribution in [2.75, 3.05) is 0 Å². The zero-order valence-electron chi connectivity index (χ0n) is 10.7. The summed E-state index contributed by atoms with van der Waals surface area (Å²) in [4.78, 5) is 0. The SMILES string of the molecule is CCC(NCc1ccn(C)n1)c1cccc(Cl)c1. The lowest BCUT2D eigenvalue weighted by atomic mass is 10.0. The van der Waals surface area contributed by atoms with Crippen LogP contribution >= 0.6 is 11.6 Å². The summed E-state index contributed by atoms with van der Waals surface area (Å²) in [6, 6.07) is 10.3. The molecule has 1 heterocycles. The zero-order valence-corrected chi connectivity index (χ0v) is 11.5. The first kappa shape index (κ1) is 13.1. The second-order valence-electron chi connectivity index (χ2n) is 4.38. The van der Waals surface area contributed by atoms with E-state index in [0.29, 0.717) is 6.04 Å². The van der Waals surface area contributed by atoms with Crippen LogP contribution in [-0.4, -0.2) is 9.78 Å². The van der Waals surface area contributed by atoms with Crippen molar-refractivity contribution in [2.24, 2.45) is 7.05 Å². The maximum absolute atomic E-state index is 6.02. The van der Waals surface area contributed by atoms with Gasteiger partial charge >= 0.3 is 0 Å². The van der Waals surface area contributed by atoms with E-state index in [1.165, 1.54) is 5.56 Å². The third kappa shape index (κ3) is 3.34. The van der Waals surface area contributed by atoms with Crippen molar-refractivity contribution < 1.29 is 0 Å². The van der Waals surface area contributed by atoms with Crippen molar-refractivity contribution in [3.05, 3.63) is 52.8 Å². The van der Waals surface area contributed by atoms with Gasteiger partial charge in [-0.2, -0.15) is 5.10 Å². The van der Waals surface area contributed by atoms with Crippen LogP contribution in [-0.2, 0) is 13.6 Å². The minimum atomic E-state index is 0.311. The first-order valence-corrected chi connectivity index (χ1v) is 6.54. The minimum absolute atomic E-state index is 0.311. The molecule has 0 saturated carbocycles. The molecule has 0 fully saturated rings. The van der Waals surface area contributed by atoms with E-state index in [4.69, 9.17) is 11.6 Å². The molecular weight excluding hydrogens is 246 g/mol.